The van der Waals surface area contributed by atoms with Crippen LogP contribution >= 0.6 is 34.8 Å². The average Bonchev–Trinajstić information content (AvgIpc) is 2.12. The Hall–Kier alpha value is 0.830. The molecule has 0 spiro atoms. The molecule has 0 amide bonds. The number of aliphatic hydroxyl groups is 1. The second-order valence-corrected chi connectivity index (χ2v) is 5.50. The Balaban J connectivity index is 2.81. The first-order chi connectivity index (χ1) is 4.88. The number of alkyl halides is 3. The van der Waals surface area contributed by atoms with Gasteiger partial charge in [0.15, 0.2) is 0 Å². The molecule has 1 aliphatic carbocycles. The van der Waals surface area contributed by atoms with Gasteiger partial charge in [0, 0.05) is 0 Å². The van der Waals surface area contributed by atoms with Crippen LogP contribution in [0.3, 0.4) is 0 Å². The number of rotatable bonds is 0. The molecule has 0 radical (unpaired) electrons. The third kappa shape index (κ3) is 1.62. The van der Waals surface area contributed by atoms with E-state index in [0.29, 0.717) is 6.42 Å². The highest BCUT2D eigenvalue weighted by atomic mass is 35.6. The molecule has 1 rings (SSSR count). The van der Waals surface area contributed by atoms with Crippen molar-refractivity contribution >= 4 is 34.8 Å². The molecule has 0 aliphatic heterocycles. The van der Waals surface area contributed by atoms with Crippen molar-refractivity contribution in [2.24, 2.45) is 5.92 Å². The van der Waals surface area contributed by atoms with E-state index in [0.717, 1.165) is 12.8 Å². The predicted octanol–water partition coefficient (Wildman–Crippen LogP) is 2.91. The lowest BCUT2D eigenvalue weighted by molar-refractivity contribution is 0.0129. The smallest absolute Gasteiger partial charge is 0.219 e. The van der Waals surface area contributed by atoms with Crippen molar-refractivity contribution in [1.29, 1.82) is 0 Å². The van der Waals surface area contributed by atoms with E-state index in [9.17, 15) is 5.11 Å². The molecule has 0 heterocycles. The minimum absolute atomic E-state index is 0.0787. The lowest BCUT2D eigenvalue weighted by Gasteiger charge is -2.34. The maximum absolute atomic E-state index is 9.90. The fourth-order valence-electron chi connectivity index (χ4n) is 1.58. The lowest BCUT2D eigenvalue weighted by Crippen LogP contribution is -2.44. The first kappa shape index (κ1) is 9.91. The largest absolute Gasteiger partial charge is 0.385 e. The van der Waals surface area contributed by atoms with Crippen molar-refractivity contribution in [3.63, 3.8) is 0 Å². The monoisotopic (exact) mass is 216 g/mol. The molecule has 0 aromatic heterocycles. The molecule has 66 valence electrons. The molecule has 1 nitrogen and oxygen atoms in total. The predicted molar refractivity (Wildman–Crippen MR) is 48.3 cm³/mol. The summed E-state index contributed by atoms with van der Waals surface area (Å²) in [7, 11) is 0. The van der Waals surface area contributed by atoms with Crippen LogP contribution in [0, 0.1) is 5.92 Å². The van der Waals surface area contributed by atoms with E-state index in [1.807, 2.05) is 6.92 Å². The second-order valence-electron chi connectivity index (χ2n) is 3.22. The Labute approximate surface area is 81.6 Å². The minimum Gasteiger partial charge on any atom is -0.385 e. The highest BCUT2D eigenvalue weighted by molar-refractivity contribution is 6.68. The van der Waals surface area contributed by atoms with Gasteiger partial charge >= 0.3 is 0 Å². The van der Waals surface area contributed by atoms with Crippen LogP contribution < -0.4 is 0 Å². The standard InChI is InChI=1S/C7H11Cl3O/c1-5-3-2-4-6(5,11)7(8,9)10/h5,11H,2-4H2,1H3/t5-,6+/m0/s1. The quantitative estimate of drug-likeness (QED) is 0.619. The normalized spacial score (nSPS) is 39.5. The Bertz CT molecular complexity index is 154. The summed E-state index contributed by atoms with van der Waals surface area (Å²) in [5.74, 6) is 0.0787. The van der Waals surface area contributed by atoms with E-state index >= 15 is 0 Å². The van der Waals surface area contributed by atoms with Gasteiger partial charge in [0.25, 0.3) is 0 Å². The summed E-state index contributed by atoms with van der Waals surface area (Å²) in [6, 6.07) is 0. The van der Waals surface area contributed by atoms with Crippen molar-refractivity contribution in [2.45, 2.75) is 35.6 Å². The average molecular weight is 218 g/mol. The van der Waals surface area contributed by atoms with Crippen LogP contribution in [-0.2, 0) is 0 Å². The molecule has 2 atom stereocenters. The lowest BCUT2D eigenvalue weighted by atomic mass is 9.94. The Morgan fingerprint density at radius 3 is 2.18 bits per heavy atom. The molecular formula is C7H11Cl3O. The van der Waals surface area contributed by atoms with E-state index in [1.165, 1.54) is 0 Å². The SMILES string of the molecule is C[C@H]1CCC[C@]1(O)C(Cl)(Cl)Cl. The van der Waals surface area contributed by atoms with Crippen molar-refractivity contribution in [3.8, 4) is 0 Å². The van der Waals surface area contributed by atoms with Gasteiger partial charge in [-0.05, 0) is 18.8 Å². The Kier molecular flexibility index (Phi) is 2.66. The molecule has 11 heavy (non-hydrogen) atoms. The third-order valence-corrected chi connectivity index (χ3v) is 3.48. The van der Waals surface area contributed by atoms with Crippen LogP contribution in [-0.4, -0.2) is 14.5 Å². The zero-order valence-electron chi connectivity index (χ0n) is 6.28. The Morgan fingerprint density at radius 1 is 1.45 bits per heavy atom. The second kappa shape index (κ2) is 2.95. The van der Waals surface area contributed by atoms with E-state index in [1.54, 1.807) is 0 Å². The summed E-state index contributed by atoms with van der Waals surface area (Å²) in [4.78, 5) is 0. The zero-order valence-corrected chi connectivity index (χ0v) is 8.55. The topological polar surface area (TPSA) is 20.2 Å². The van der Waals surface area contributed by atoms with Crippen LogP contribution in [0.15, 0.2) is 0 Å². The molecule has 1 saturated carbocycles. The zero-order chi connectivity index (χ0) is 8.70. The highest BCUT2D eigenvalue weighted by Crippen LogP contribution is 2.50. The van der Waals surface area contributed by atoms with Crippen LogP contribution in [0.25, 0.3) is 0 Å². The van der Waals surface area contributed by atoms with Gasteiger partial charge in [0.2, 0.25) is 3.79 Å². The van der Waals surface area contributed by atoms with Gasteiger partial charge < -0.3 is 5.11 Å². The minimum atomic E-state index is -1.54. The van der Waals surface area contributed by atoms with Gasteiger partial charge in [-0.3, -0.25) is 0 Å². The summed E-state index contributed by atoms with van der Waals surface area (Å²) < 4.78 is -1.54. The summed E-state index contributed by atoms with van der Waals surface area (Å²) in [5.41, 5.74) is -1.11. The molecular weight excluding hydrogens is 206 g/mol. The molecule has 1 fully saturated rings. The molecule has 1 N–H and O–H groups in total. The molecule has 1 aliphatic rings. The van der Waals surface area contributed by atoms with Crippen molar-refractivity contribution in [1.82, 2.24) is 0 Å². The highest BCUT2D eigenvalue weighted by Gasteiger charge is 2.52. The molecule has 0 aromatic carbocycles. The summed E-state index contributed by atoms with van der Waals surface area (Å²) in [5, 5.41) is 9.90. The number of halogens is 3. The summed E-state index contributed by atoms with van der Waals surface area (Å²) in [6.07, 6.45) is 2.46. The maximum atomic E-state index is 9.90. The van der Waals surface area contributed by atoms with Gasteiger partial charge in [-0.1, -0.05) is 48.1 Å². The molecule has 0 aromatic rings. The van der Waals surface area contributed by atoms with Crippen molar-refractivity contribution in [3.05, 3.63) is 0 Å². The van der Waals surface area contributed by atoms with E-state index < -0.39 is 9.39 Å². The summed E-state index contributed by atoms with van der Waals surface area (Å²) >= 11 is 17.0. The molecule has 0 saturated heterocycles. The van der Waals surface area contributed by atoms with E-state index in [4.69, 9.17) is 34.8 Å². The number of hydrogen-bond acceptors (Lipinski definition) is 1. The van der Waals surface area contributed by atoms with Gasteiger partial charge in [-0.15, -0.1) is 0 Å². The molecule has 4 heteroatoms. The first-order valence-corrected chi connectivity index (χ1v) is 4.80. The van der Waals surface area contributed by atoms with Gasteiger partial charge in [-0.25, -0.2) is 0 Å². The van der Waals surface area contributed by atoms with Crippen LogP contribution in [0.1, 0.15) is 26.2 Å². The fourth-order valence-corrected chi connectivity index (χ4v) is 2.43. The third-order valence-electron chi connectivity index (χ3n) is 2.50. The van der Waals surface area contributed by atoms with Crippen molar-refractivity contribution < 1.29 is 5.11 Å². The first-order valence-electron chi connectivity index (χ1n) is 3.67. The van der Waals surface area contributed by atoms with E-state index in [2.05, 4.69) is 0 Å². The van der Waals surface area contributed by atoms with Gasteiger partial charge in [0.1, 0.15) is 5.60 Å². The molecule has 0 unspecified atom stereocenters. The van der Waals surface area contributed by atoms with Gasteiger partial charge in [0.05, 0.1) is 0 Å². The van der Waals surface area contributed by atoms with Crippen LogP contribution in [0.4, 0.5) is 0 Å². The van der Waals surface area contributed by atoms with Crippen LogP contribution in [0.5, 0.6) is 0 Å². The van der Waals surface area contributed by atoms with Crippen molar-refractivity contribution in [2.75, 3.05) is 0 Å². The van der Waals surface area contributed by atoms with Gasteiger partial charge in [-0.2, -0.15) is 0 Å². The molecule has 0 bridgehead atoms. The Morgan fingerprint density at radius 2 is 2.00 bits per heavy atom. The van der Waals surface area contributed by atoms with Crippen LogP contribution in [0.2, 0.25) is 0 Å². The maximum Gasteiger partial charge on any atom is 0.219 e. The fraction of sp³-hybridized carbons (Fsp3) is 1.00. The summed E-state index contributed by atoms with van der Waals surface area (Å²) in [6.45, 7) is 1.91. The number of hydrogen-bond donors (Lipinski definition) is 1. The van der Waals surface area contributed by atoms with E-state index in [-0.39, 0.29) is 5.92 Å².